The fourth-order valence-corrected chi connectivity index (χ4v) is 10.7. The number of primary amides is 1. The molecule has 1 heterocycles. The van der Waals surface area contributed by atoms with Crippen LogP contribution in [0.25, 0.3) is 0 Å². The van der Waals surface area contributed by atoms with Crippen LogP contribution in [0.15, 0.2) is 66.2 Å². The molecule has 36 heteroatoms. The molecule has 2 aromatic carbocycles. The predicted octanol–water partition coefficient (Wildman–Crippen LogP) is -5.45. The minimum absolute atomic E-state index is 0.00726. The SMILES string of the molecule is C=CC(NC(=O)C(CCCN=C(N)N)NC(=O)C(Cc1ccc(O)cc1)C(C=O)CC(CC(C)C)NC(C)=O)C(=O)NC(CO)C(=O)NC(CC(C)OP(=O)(O)O)C(=O)NC(C=O)C(=O)N1CCCC1C(=O)NCC(=O)NC(Cc1ccc(O)cc1)C(=O)NC(CO)C(N)=O. The number of aldehydes is 2. The number of hydrogen-bond donors (Lipinski definition) is 18. The number of benzene rings is 2. The number of guanidine groups is 1. The zero-order valence-electron chi connectivity index (χ0n) is 52.8. The summed E-state index contributed by atoms with van der Waals surface area (Å²) in [6.07, 6.45) is -0.866. The Morgan fingerprint density at radius 2 is 1.21 bits per heavy atom. The van der Waals surface area contributed by atoms with Crippen molar-refractivity contribution in [3.8, 4) is 11.5 Å². The second kappa shape index (κ2) is 39.3. The number of phenolic OH excluding ortho intramolecular Hbond substituents is 2. The van der Waals surface area contributed by atoms with Crippen molar-refractivity contribution < 1.29 is 102 Å². The highest BCUT2D eigenvalue weighted by Crippen LogP contribution is 2.38. The minimum atomic E-state index is -5.30. The highest BCUT2D eigenvalue weighted by atomic mass is 31.2. The summed E-state index contributed by atoms with van der Waals surface area (Å²) in [5.74, 6) is -14.0. The van der Waals surface area contributed by atoms with Crippen LogP contribution < -0.4 is 65.1 Å². The molecule has 0 spiro atoms. The third kappa shape index (κ3) is 28.0. The van der Waals surface area contributed by atoms with Gasteiger partial charge >= 0.3 is 7.82 Å². The lowest BCUT2D eigenvalue weighted by atomic mass is 9.81. The van der Waals surface area contributed by atoms with E-state index >= 15 is 0 Å². The summed E-state index contributed by atoms with van der Waals surface area (Å²) in [7, 11) is -5.30. The molecule has 0 aromatic heterocycles. The van der Waals surface area contributed by atoms with E-state index in [2.05, 4.69) is 63.9 Å². The lowest BCUT2D eigenvalue weighted by molar-refractivity contribution is -0.143. The Bertz CT molecular complexity index is 3090. The quantitative estimate of drug-likeness (QED) is 0.00562. The summed E-state index contributed by atoms with van der Waals surface area (Å²) < 4.78 is 16.5. The molecule has 0 saturated carbocycles. The number of nitrogens with one attached hydrogen (secondary N) is 9. The zero-order valence-corrected chi connectivity index (χ0v) is 53.7. The number of amides is 11. The van der Waals surface area contributed by atoms with Gasteiger partial charge in [-0.1, -0.05) is 44.2 Å². The molecule has 1 aliphatic heterocycles. The first kappa shape index (κ1) is 79.8. The fourth-order valence-electron chi connectivity index (χ4n) is 10.1. The summed E-state index contributed by atoms with van der Waals surface area (Å²) in [5, 5.41) is 60.9. The Labute approximate surface area is 546 Å². The average molecular weight is 1360 g/mol. The molecule has 21 N–H and O–H groups in total. The Morgan fingerprint density at radius 1 is 0.674 bits per heavy atom. The van der Waals surface area contributed by atoms with E-state index in [0.717, 1.165) is 17.9 Å². The number of carbonyl (C=O) groups is 13. The summed E-state index contributed by atoms with van der Waals surface area (Å²) in [6.45, 7) is 6.61. The van der Waals surface area contributed by atoms with Crippen LogP contribution in [0, 0.1) is 17.8 Å². The third-order valence-electron chi connectivity index (χ3n) is 14.7. The normalized spacial score (nSPS) is 16.3. The number of phenols is 2. The minimum Gasteiger partial charge on any atom is -0.508 e. The third-order valence-corrected chi connectivity index (χ3v) is 15.3. The van der Waals surface area contributed by atoms with Crippen molar-refractivity contribution in [2.45, 2.75) is 146 Å². The van der Waals surface area contributed by atoms with Crippen molar-refractivity contribution in [2.24, 2.45) is 39.9 Å². The van der Waals surface area contributed by atoms with Crippen molar-refractivity contribution in [1.29, 1.82) is 0 Å². The number of aliphatic imine (C=N–C) groups is 1. The van der Waals surface area contributed by atoms with E-state index in [1.54, 1.807) is 0 Å². The molecular weight excluding hydrogens is 1270 g/mol. The molecule has 95 heavy (non-hydrogen) atoms. The molecule has 35 nitrogen and oxygen atoms in total. The number of phosphoric acid groups is 1. The van der Waals surface area contributed by atoms with Crippen molar-refractivity contribution >= 4 is 91.3 Å². The Hall–Kier alpha value is -9.41. The maximum absolute atomic E-state index is 14.5. The van der Waals surface area contributed by atoms with Crippen molar-refractivity contribution in [1.82, 2.24) is 52.8 Å². The molecule has 1 fully saturated rings. The highest BCUT2D eigenvalue weighted by Gasteiger charge is 2.41. The van der Waals surface area contributed by atoms with Crippen LogP contribution in [0.1, 0.15) is 83.8 Å². The van der Waals surface area contributed by atoms with E-state index in [9.17, 15) is 97.1 Å². The smallest absolute Gasteiger partial charge is 0.469 e. The average Bonchev–Trinajstić information content (AvgIpc) is 1.81. The number of rotatable bonds is 41. The summed E-state index contributed by atoms with van der Waals surface area (Å²) in [4.78, 5) is 198. The molecule has 524 valence electrons. The van der Waals surface area contributed by atoms with Crippen LogP contribution in [-0.2, 0) is 84.3 Å². The second-order valence-electron chi connectivity index (χ2n) is 22.9. The summed E-state index contributed by atoms with van der Waals surface area (Å²) in [6, 6.07) is -3.04. The maximum atomic E-state index is 14.5. The van der Waals surface area contributed by atoms with E-state index in [0.29, 0.717) is 23.8 Å². The van der Waals surface area contributed by atoms with Gasteiger partial charge in [-0.15, -0.1) is 6.58 Å². The van der Waals surface area contributed by atoms with Gasteiger partial charge < -0.3 is 110 Å². The first-order valence-electron chi connectivity index (χ1n) is 30.1. The van der Waals surface area contributed by atoms with E-state index in [4.69, 9.17) is 17.2 Å². The molecule has 12 unspecified atom stereocenters. The van der Waals surface area contributed by atoms with Gasteiger partial charge in [-0.2, -0.15) is 0 Å². The first-order chi connectivity index (χ1) is 44.7. The predicted molar refractivity (Wildman–Crippen MR) is 336 cm³/mol. The van der Waals surface area contributed by atoms with Crippen LogP contribution >= 0.6 is 7.82 Å². The number of hydrogen-bond acceptors (Lipinski definition) is 20. The maximum Gasteiger partial charge on any atom is 0.469 e. The van der Waals surface area contributed by atoms with E-state index < -0.39 is 165 Å². The van der Waals surface area contributed by atoms with Crippen LogP contribution in [0.5, 0.6) is 11.5 Å². The van der Waals surface area contributed by atoms with Crippen molar-refractivity contribution in [2.75, 3.05) is 32.8 Å². The number of aliphatic hydroxyl groups is 2. The molecular formula is C59H87N14O21P. The van der Waals surface area contributed by atoms with Gasteiger partial charge in [0.1, 0.15) is 60.1 Å². The van der Waals surface area contributed by atoms with E-state index in [1.165, 1.54) is 55.5 Å². The molecule has 12 atom stereocenters. The largest absolute Gasteiger partial charge is 0.508 e. The number of likely N-dealkylation sites (tertiary alicyclic amines) is 1. The zero-order chi connectivity index (χ0) is 71.3. The molecule has 11 amide bonds. The lowest BCUT2D eigenvalue weighted by Gasteiger charge is -2.29. The molecule has 1 aliphatic rings. The van der Waals surface area contributed by atoms with Gasteiger partial charge in [-0.05, 0) is 93.2 Å². The number of phosphoric ester groups is 1. The van der Waals surface area contributed by atoms with Gasteiger partial charge in [0.2, 0.25) is 59.1 Å². The Balaban J connectivity index is 1.84. The Kier molecular flexibility index (Phi) is 33.0. The number of nitrogens with zero attached hydrogens (tertiary/aromatic N) is 2. The topological polar surface area (TPSA) is 572 Å². The lowest BCUT2D eigenvalue weighted by Crippen LogP contribution is -2.61. The van der Waals surface area contributed by atoms with Crippen LogP contribution in [0.4, 0.5) is 0 Å². The van der Waals surface area contributed by atoms with Gasteiger partial charge in [-0.25, -0.2) is 4.57 Å². The van der Waals surface area contributed by atoms with Gasteiger partial charge in [-0.3, -0.25) is 62.3 Å². The molecule has 0 bridgehead atoms. The van der Waals surface area contributed by atoms with E-state index in [-0.39, 0.29) is 93.6 Å². The van der Waals surface area contributed by atoms with Crippen molar-refractivity contribution in [3.05, 3.63) is 72.3 Å². The first-order valence-corrected chi connectivity index (χ1v) is 31.6. The van der Waals surface area contributed by atoms with Gasteiger partial charge in [0.05, 0.1) is 31.8 Å². The summed E-state index contributed by atoms with van der Waals surface area (Å²) >= 11 is 0. The molecule has 2 aromatic rings. The van der Waals surface area contributed by atoms with Crippen LogP contribution in [0.3, 0.4) is 0 Å². The van der Waals surface area contributed by atoms with Crippen molar-refractivity contribution in [3.63, 3.8) is 0 Å². The number of aromatic hydroxyl groups is 2. The number of nitrogens with two attached hydrogens (primary N) is 3. The standard InChI is InChI=1S/C59H87N14O21P/c1-6-41(67-53(85)42(9-7-19-63-59(61)62)68-51(83)40(23-34-11-15-38(79)16-12-34)36(27-74)25-37(21-31(2)3)65-33(5)78)52(84)71-46(29-76)56(88)69-43(22-32(4)94-95(91,92)93)54(86)72-47(30-77)58(90)73-20-8-10-48(73)57(89)64-26-49(81)66-44(24-35-13-17-39(80)18-14-35)55(87)70-45(28-75)50(60)82/h6,11-18,27,30-32,36-37,40-48,75-76,79-80H,1,7-10,19-26,28-29H2,2-5H3,(H2,60,82)(H,64,89)(H,65,78)(H,66,81)(H,67,85)(H,68,83)(H,69,88)(H,70,87)(H,71,84)(H,72,86)(H4,61,62,63)(H2,91,92,93). The number of carbonyl (C=O) groups excluding carboxylic acids is 13. The molecule has 0 aliphatic carbocycles. The van der Waals surface area contributed by atoms with E-state index in [1.807, 2.05) is 13.8 Å². The monoisotopic (exact) mass is 1360 g/mol. The summed E-state index contributed by atoms with van der Waals surface area (Å²) in [5.41, 5.74) is 17.2. The molecule has 3 rings (SSSR count). The highest BCUT2D eigenvalue weighted by molar-refractivity contribution is 7.46. The molecule has 0 radical (unpaired) electrons. The van der Waals surface area contributed by atoms with Crippen LogP contribution in [-0.4, -0.2) is 212 Å². The second-order valence-corrected chi connectivity index (χ2v) is 24.1. The van der Waals surface area contributed by atoms with Gasteiger partial charge in [0.15, 0.2) is 18.3 Å². The Morgan fingerprint density at radius 3 is 1.74 bits per heavy atom. The fraction of sp³-hybridized carbons (Fsp3) is 0.525. The van der Waals surface area contributed by atoms with Gasteiger partial charge in [0.25, 0.3) is 5.91 Å². The van der Waals surface area contributed by atoms with Gasteiger partial charge in [0, 0.05) is 44.8 Å². The number of aliphatic hydroxyl groups excluding tert-OH is 2. The van der Waals surface area contributed by atoms with Crippen LogP contribution in [0.2, 0.25) is 0 Å². The molecule has 1 saturated heterocycles.